The molecule has 1 heterocycles. The maximum atomic E-state index is 13.0. The molecule has 1 aliphatic rings. The van der Waals surface area contributed by atoms with Crippen molar-refractivity contribution in [2.45, 2.75) is 6.42 Å². The van der Waals surface area contributed by atoms with Gasteiger partial charge in [-0.1, -0.05) is 30.1 Å². The van der Waals surface area contributed by atoms with Gasteiger partial charge in [0.1, 0.15) is 0 Å². The zero-order chi connectivity index (χ0) is 21.8. The van der Waals surface area contributed by atoms with Crippen LogP contribution in [0.25, 0.3) is 6.08 Å². The zero-order valence-electron chi connectivity index (χ0n) is 16.3. The van der Waals surface area contributed by atoms with Gasteiger partial charge in [0.2, 0.25) is 0 Å². The number of nitro benzene ring substituents is 1. The smallest absolute Gasteiger partial charge is 0.270 e. The number of hydrogen-bond donors (Lipinski definition) is 0. The Labute approximate surface area is 183 Å². The summed E-state index contributed by atoms with van der Waals surface area (Å²) in [5.74, 6) is 0.876. The van der Waals surface area contributed by atoms with E-state index in [0.29, 0.717) is 32.8 Å². The van der Waals surface area contributed by atoms with Crippen molar-refractivity contribution in [3.05, 3.63) is 75.2 Å². The van der Waals surface area contributed by atoms with Crippen molar-refractivity contribution in [1.29, 1.82) is 0 Å². The maximum absolute atomic E-state index is 13.0. The van der Waals surface area contributed by atoms with E-state index in [1.54, 1.807) is 32.4 Å². The van der Waals surface area contributed by atoms with Crippen LogP contribution in [0.1, 0.15) is 11.1 Å². The molecular formula is C21H18N2O5S2. The number of amides is 1. The number of ether oxygens (including phenoxy) is 2. The average molecular weight is 443 g/mol. The molecule has 7 nitrogen and oxygen atoms in total. The summed E-state index contributed by atoms with van der Waals surface area (Å²) in [6, 6.07) is 9.38. The molecule has 9 heteroatoms. The molecule has 0 radical (unpaired) electrons. The number of non-ortho nitro benzene ring substituents is 1. The highest BCUT2D eigenvalue weighted by molar-refractivity contribution is 8.27. The van der Waals surface area contributed by atoms with Crippen LogP contribution in [0.3, 0.4) is 0 Å². The third-order valence-electron chi connectivity index (χ3n) is 4.35. The Morgan fingerprint density at radius 2 is 1.93 bits per heavy atom. The van der Waals surface area contributed by atoms with Crippen molar-refractivity contribution < 1.29 is 19.2 Å². The van der Waals surface area contributed by atoms with Crippen molar-refractivity contribution >= 4 is 51.7 Å². The lowest BCUT2D eigenvalue weighted by Gasteiger charge is -2.14. The molecule has 0 spiro atoms. The largest absolute Gasteiger partial charge is 0.493 e. The summed E-state index contributed by atoms with van der Waals surface area (Å²) in [7, 11) is 3.12. The second-order valence-electron chi connectivity index (χ2n) is 6.20. The molecule has 0 atom stereocenters. The molecule has 2 aromatic carbocycles. The first-order valence-corrected chi connectivity index (χ1v) is 10.00. The minimum Gasteiger partial charge on any atom is -0.493 e. The summed E-state index contributed by atoms with van der Waals surface area (Å²) in [6.45, 7) is 3.77. The lowest BCUT2D eigenvalue weighted by atomic mass is 10.0. The van der Waals surface area contributed by atoms with Gasteiger partial charge in [0, 0.05) is 17.7 Å². The van der Waals surface area contributed by atoms with Gasteiger partial charge < -0.3 is 9.47 Å². The van der Waals surface area contributed by atoms with E-state index in [2.05, 4.69) is 6.58 Å². The molecule has 154 valence electrons. The fraction of sp³-hybridized carbons (Fsp3) is 0.143. The van der Waals surface area contributed by atoms with Crippen LogP contribution in [0.4, 0.5) is 11.4 Å². The van der Waals surface area contributed by atoms with Gasteiger partial charge in [-0.15, -0.1) is 6.58 Å². The predicted octanol–water partition coefficient (Wildman–Crippen LogP) is 4.75. The van der Waals surface area contributed by atoms with Gasteiger partial charge in [-0.25, -0.2) is 0 Å². The summed E-state index contributed by atoms with van der Waals surface area (Å²) < 4.78 is 11.2. The van der Waals surface area contributed by atoms with Crippen LogP contribution in [-0.2, 0) is 11.2 Å². The average Bonchev–Trinajstić information content (AvgIpc) is 3.00. The topological polar surface area (TPSA) is 81.9 Å². The highest BCUT2D eigenvalue weighted by atomic mass is 32.2. The number of nitro groups is 1. The van der Waals surface area contributed by atoms with E-state index in [1.165, 1.54) is 40.9 Å². The van der Waals surface area contributed by atoms with Gasteiger partial charge in [-0.05, 0) is 42.3 Å². The second-order valence-corrected chi connectivity index (χ2v) is 7.87. The van der Waals surface area contributed by atoms with E-state index in [4.69, 9.17) is 21.7 Å². The summed E-state index contributed by atoms with van der Waals surface area (Å²) in [4.78, 5) is 25.1. The van der Waals surface area contributed by atoms with Gasteiger partial charge in [-0.2, -0.15) is 0 Å². The Hall–Kier alpha value is -3.17. The molecule has 0 bridgehead atoms. The molecule has 1 amide bonds. The number of rotatable bonds is 7. The van der Waals surface area contributed by atoms with E-state index in [9.17, 15) is 14.9 Å². The Kier molecular flexibility index (Phi) is 6.53. The van der Waals surface area contributed by atoms with Crippen LogP contribution < -0.4 is 14.4 Å². The van der Waals surface area contributed by atoms with Crippen LogP contribution in [0, 0.1) is 10.1 Å². The Balaban J connectivity index is 1.96. The molecule has 0 aliphatic carbocycles. The minimum absolute atomic E-state index is 0.0557. The summed E-state index contributed by atoms with van der Waals surface area (Å²) >= 11 is 6.54. The number of thioether (sulfide) groups is 1. The number of carbonyl (C=O) groups excluding carboxylic acids is 1. The quantitative estimate of drug-likeness (QED) is 0.201. The standard InChI is InChI=1S/C21H18N2O5S2/c1-4-5-14-10-13(11-17(27-2)19(14)28-3)12-18-20(24)22(21(29)30-18)15-6-8-16(9-7-15)23(25)26/h4,6-12H,1,5H2,2-3H3/b18-12+. The van der Waals surface area contributed by atoms with Crippen molar-refractivity contribution in [2.75, 3.05) is 19.1 Å². The first-order valence-electron chi connectivity index (χ1n) is 8.77. The first-order chi connectivity index (χ1) is 14.4. The normalized spacial score (nSPS) is 14.9. The maximum Gasteiger partial charge on any atom is 0.270 e. The molecule has 1 saturated heterocycles. The molecule has 0 saturated carbocycles. The van der Waals surface area contributed by atoms with Crippen LogP contribution in [0.5, 0.6) is 11.5 Å². The van der Waals surface area contributed by atoms with Crippen molar-refractivity contribution in [2.24, 2.45) is 0 Å². The van der Waals surface area contributed by atoms with E-state index < -0.39 is 4.92 Å². The monoisotopic (exact) mass is 442 g/mol. The highest BCUT2D eigenvalue weighted by Crippen LogP contribution is 2.38. The van der Waals surface area contributed by atoms with Crippen LogP contribution >= 0.6 is 24.0 Å². The van der Waals surface area contributed by atoms with Gasteiger partial charge in [0.25, 0.3) is 11.6 Å². The van der Waals surface area contributed by atoms with Crippen molar-refractivity contribution in [1.82, 2.24) is 0 Å². The zero-order valence-corrected chi connectivity index (χ0v) is 17.9. The number of benzene rings is 2. The van der Waals surface area contributed by atoms with Crippen LogP contribution in [-0.4, -0.2) is 29.4 Å². The Morgan fingerprint density at radius 3 is 2.50 bits per heavy atom. The van der Waals surface area contributed by atoms with Crippen LogP contribution in [0.15, 0.2) is 54.0 Å². The van der Waals surface area contributed by atoms with E-state index in [0.717, 1.165) is 11.1 Å². The number of thiocarbonyl (C=S) groups is 1. The van der Waals surface area contributed by atoms with Crippen LogP contribution in [0.2, 0.25) is 0 Å². The molecule has 0 unspecified atom stereocenters. The minimum atomic E-state index is -0.494. The molecule has 30 heavy (non-hydrogen) atoms. The summed E-state index contributed by atoms with van der Waals surface area (Å²) in [5.41, 5.74) is 2.06. The highest BCUT2D eigenvalue weighted by Gasteiger charge is 2.33. The third kappa shape index (κ3) is 4.22. The number of anilines is 1. The summed E-state index contributed by atoms with van der Waals surface area (Å²) in [5, 5.41) is 10.9. The van der Waals surface area contributed by atoms with Gasteiger partial charge in [-0.3, -0.25) is 19.8 Å². The molecule has 1 aliphatic heterocycles. The predicted molar refractivity (Wildman–Crippen MR) is 122 cm³/mol. The van der Waals surface area contributed by atoms with E-state index in [1.807, 2.05) is 6.07 Å². The van der Waals surface area contributed by atoms with Gasteiger partial charge in [0.15, 0.2) is 15.8 Å². The van der Waals surface area contributed by atoms with Gasteiger partial charge >= 0.3 is 0 Å². The lowest BCUT2D eigenvalue weighted by molar-refractivity contribution is -0.384. The molecule has 0 N–H and O–H groups in total. The first kappa shape index (κ1) is 21.5. The molecule has 2 aromatic rings. The fourth-order valence-electron chi connectivity index (χ4n) is 3.02. The Bertz CT molecular complexity index is 1060. The van der Waals surface area contributed by atoms with Crippen molar-refractivity contribution in [3.8, 4) is 11.5 Å². The summed E-state index contributed by atoms with van der Waals surface area (Å²) in [6.07, 6.45) is 4.07. The molecule has 1 fully saturated rings. The van der Waals surface area contributed by atoms with Crippen molar-refractivity contribution in [3.63, 3.8) is 0 Å². The number of allylic oxidation sites excluding steroid dienone is 1. The second kappa shape index (κ2) is 9.10. The fourth-order valence-corrected chi connectivity index (χ4v) is 4.32. The van der Waals surface area contributed by atoms with E-state index in [-0.39, 0.29) is 11.6 Å². The SMILES string of the molecule is C=CCc1cc(/C=C2/SC(=S)N(c3ccc([N+](=O)[O-])cc3)C2=O)cc(OC)c1OC. The van der Waals surface area contributed by atoms with Gasteiger partial charge in [0.05, 0.1) is 29.7 Å². The number of carbonyl (C=O) groups is 1. The molecule has 3 rings (SSSR count). The third-order valence-corrected chi connectivity index (χ3v) is 5.65. The number of nitrogens with zero attached hydrogens (tertiary/aromatic N) is 2. The number of methoxy groups -OCH3 is 2. The molecular weight excluding hydrogens is 424 g/mol. The Morgan fingerprint density at radius 1 is 1.23 bits per heavy atom. The number of hydrogen-bond acceptors (Lipinski definition) is 7. The lowest BCUT2D eigenvalue weighted by Crippen LogP contribution is -2.27. The molecule has 0 aromatic heterocycles. The van der Waals surface area contributed by atoms with E-state index >= 15 is 0 Å².